The Bertz CT molecular complexity index is 1410. The number of nitriles is 1. The highest BCUT2D eigenvalue weighted by Crippen LogP contribution is 2.38. The van der Waals surface area contributed by atoms with Gasteiger partial charge in [0.15, 0.2) is 5.75 Å². The fraction of sp³-hybridized carbons (Fsp3) is 0.0556. The third kappa shape index (κ3) is 3.59. The second kappa shape index (κ2) is 7.31. The molecule has 0 unspecified atom stereocenters. The predicted molar refractivity (Wildman–Crippen MR) is 111 cm³/mol. The average Bonchev–Trinajstić information content (AvgIpc) is 3.04. The van der Waals surface area contributed by atoms with Crippen LogP contribution in [-0.4, -0.2) is 24.7 Å². The first-order valence-corrected chi connectivity index (χ1v) is 9.71. The minimum atomic E-state index is -0.837. The lowest BCUT2D eigenvalue weighted by atomic mass is 10.3. The molecular formula is C18H10Br2N6O3. The number of aryl methyl sites for hydroxylation is 1. The molecule has 0 fully saturated rings. The van der Waals surface area contributed by atoms with Crippen LogP contribution >= 0.6 is 31.9 Å². The fourth-order valence-electron chi connectivity index (χ4n) is 2.71. The zero-order valence-electron chi connectivity index (χ0n) is 14.7. The molecule has 11 heteroatoms. The zero-order chi connectivity index (χ0) is 20.7. The summed E-state index contributed by atoms with van der Waals surface area (Å²) in [7, 11) is 0. The van der Waals surface area contributed by atoms with Crippen molar-refractivity contribution >= 4 is 42.9 Å². The topological polar surface area (TPSA) is 129 Å². The SMILES string of the molecule is Cc1nc2ccc(Oc3c(Br)cc(-n4nc(C#N)c(=O)[nH]c4=O)cc3Br)cc2[nH]1. The molecule has 0 amide bonds. The van der Waals surface area contributed by atoms with Crippen molar-refractivity contribution in [2.75, 3.05) is 0 Å². The summed E-state index contributed by atoms with van der Waals surface area (Å²) in [6.45, 7) is 1.87. The second-order valence-corrected chi connectivity index (χ2v) is 7.68. The highest BCUT2D eigenvalue weighted by atomic mass is 79.9. The Labute approximate surface area is 179 Å². The van der Waals surface area contributed by atoms with E-state index in [1.54, 1.807) is 24.3 Å². The van der Waals surface area contributed by atoms with E-state index in [-0.39, 0.29) is 0 Å². The lowest BCUT2D eigenvalue weighted by Gasteiger charge is -2.12. The first-order chi connectivity index (χ1) is 13.9. The predicted octanol–water partition coefficient (Wildman–Crippen LogP) is 3.29. The summed E-state index contributed by atoms with van der Waals surface area (Å²) in [6.07, 6.45) is 0. The number of benzene rings is 2. The first kappa shape index (κ1) is 19.1. The van der Waals surface area contributed by atoms with Crippen LogP contribution in [0.3, 0.4) is 0 Å². The molecule has 2 heterocycles. The Kier molecular flexibility index (Phi) is 4.81. The van der Waals surface area contributed by atoms with Gasteiger partial charge in [-0.05, 0) is 63.0 Å². The molecule has 0 aliphatic heterocycles. The van der Waals surface area contributed by atoms with Gasteiger partial charge in [-0.3, -0.25) is 9.78 Å². The molecule has 0 atom stereocenters. The molecule has 2 aromatic heterocycles. The van der Waals surface area contributed by atoms with E-state index in [1.807, 2.05) is 19.1 Å². The monoisotopic (exact) mass is 516 g/mol. The molecule has 0 aliphatic rings. The van der Waals surface area contributed by atoms with Gasteiger partial charge in [0.2, 0.25) is 5.69 Å². The van der Waals surface area contributed by atoms with Crippen molar-refractivity contribution in [3.05, 3.63) is 71.6 Å². The highest BCUT2D eigenvalue weighted by Gasteiger charge is 2.15. The summed E-state index contributed by atoms with van der Waals surface area (Å²) in [5.41, 5.74) is -0.0105. The van der Waals surface area contributed by atoms with E-state index < -0.39 is 16.9 Å². The quantitative estimate of drug-likeness (QED) is 0.429. The molecule has 4 aromatic rings. The van der Waals surface area contributed by atoms with Crippen molar-refractivity contribution in [2.24, 2.45) is 0 Å². The molecular weight excluding hydrogens is 508 g/mol. The lowest BCUT2D eigenvalue weighted by molar-refractivity contribution is 0.477. The maximum Gasteiger partial charge on any atom is 0.349 e. The molecule has 2 aromatic carbocycles. The molecule has 0 bridgehead atoms. The van der Waals surface area contributed by atoms with Crippen LogP contribution < -0.4 is 16.0 Å². The van der Waals surface area contributed by atoms with Gasteiger partial charge < -0.3 is 9.72 Å². The smallest absolute Gasteiger partial charge is 0.349 e. The summed E-state index contributed by atoms with van der Waals surface area (Å²) in [5, 5.41) is 12.8. The number of nitrogens with one attached hydrogen (secondary N) is 2. The van der Waals surface area contributed by atoms with Crippen LogP contribution in [0.25, 0.3) is 16.7 Å². The van der Waals surface area contributed by atoms with E-state index in [1.165, 1.54) is 0 Å². The maximum absolute atomic E-state index is 12.1. The van der Waals surface area contributed by atoms with E-state index >= 15 is 0 Å². The molecule has 2 N–H and O–H groups in total. The van der Waals surface area contributed by atoms with Crippen molar-refractivity contribution in [1.29, 1.82) is 5.26 Å². The standard InChI is InChI=1S/C18H10Br2N6O3/c1-8-22-13-3-2-10(6-14(13)23-8)29-16-11(19)4-9(5-12(16)20)26-18(28)24-17(27)15(7-21)25-26/h2-6H,1H3,(H,22,23)(H,24,27,28). The van der Waals surface area contributed by atoms with E-state index in [0.717, 1.165) is 21.5 Å². The van der Waals surface area contributed by atoms with Crippen LogP contribution in [-0.2, 0) is 0 Å². The van der Waals surface area contributed by atoms with Crippen molar-refractivity contribution in [1.82, 2.24) is 24.7 Å². The van der Waals surface area contributed by atoms with Crippen molar-refractivity contribution in [3.8, 4) is 23.3 Å². The number of hydrogen-bond donors (Lipinski definition) is 2. The Balaban J connectivity index is 1.75. The van der Waals surface area contributed by atoms with Gasteiger partial charge in [0.05, 0.1) is 25.7 Å². The first-order valence-electron chi connectivity index (χ1n) is 8.13. The summed E-state index contributed by atoms with van der Waals surface area (Å²) < 4.78 is 7.97. The molecule has 0 saturated heterocycles. The fourth-order valence-corrected chi connectivity index (χ4v) is 4.04. The number of rotatable bonds is 3. The number of imidazole rings is 1. The largest absolute Gasteiger partial charge is 0.455 e. The summed E-state index contributed by atoms with van der Waals surface area (Å²) in [6, 6.07) is 10.3. The number of aromatic nitrogens is 5. The van der Waals surface area contributed by atoms with Crippen LogP contribution in [0, 0.1) is 18.3 Å². The summed E-state index contributed by atoms with van der Waals surface area (Å²) in [4.78, 5) is 33.2. The minimum Gasteiger partial charge on any atom is -0.455 e. The van der Waals surface area contributed by atoms with E-state index in [4.69, 9.17) is 10.00 Å². The van der Waals surface area contributed by atoms with Gasteiger partial charge in [0.25, 0.3) is 5.56 Å². The molecule has 144 valence electrons. The number of hydrogen-bond acceptors (Lipinski definition) is 6. The number of H-pyrrole nitrogens is 2. The average molecular weight is 518 g/mol. The summed E-state index contributed by atoms with van der Waals surface area (Å²) in [5.74, 6) is 1.86. The lowest BCUT2D eigenvalue weighted by Crippen LogP contribution is -2.33. The number of nitrogens with zero attached hydrogens (tertiary/aromatic N) is 4. The van der Waals surface area contributed by atoms with Crippen LogP contribution in [0.4, 0.5) is 0 Å². The normalized spacial score (nSPS) is 10.8. The molecule has 9 nitrogen and oxygen atoms in total. The second-order valence-electron chi connectivity index (χ2n) is 5.97. The van der Waals surface area contributed by atoms with Gasteiger partial charge in [0, 0.05) is 6.07 Å². The van der Waals surface area contributed by atoms with Gasteiger partial charge in [-0.15, -0.1) is 5.10 Å². The number of fused-ring (bicyclic) bond motifs is 1. The Morgan fingerprint density at radius 3 is 2.55 bits per heavy atom. The van der Waals surface area contributed by atoms with Crippen LogP contribution in [0.15, 0.2) is 48.9 Å². The van der Waals surface area contributed by atoms with Gasteiger partial charge in [-0.2, -0.15) is 9.94 Å². The van der Waals surface area contributed by atoms with E-state index in [2.05, 4.69) is 51.9 Å². The molecule has 0 radical (unpaired) electrons. The van der Waals surface area contributed by atoms with Crippen LogP contribution in [0.5, 0.6) is 11.5 Å². The van der Waals surface area contributed by atoms with Crippen molar-refractivity contribution < 1.29 is 4.74 Å². The molecule has 0 saturated carbocycles. The van der Waals surface area contributed by atoms with E-state index in [9.17, 15) is 9.59 Å². The third-order valence-electron chi connectivity index (χ3n) is 3.95. The van der Waals surface area contributed by atoms with Gasteiger partial charge in [0.1, 0.15) is 17.6 Å². The number of ether oxygens (including phenoxy) is 1. The van der Waals surface area contributed by atoms with E-state index in [0.29, 0.717) is 26.1 Å². The van der Waals surface area contributed by atoms with Crippen LogP contribution in [0.1, 0.15) is 11.5 Å². The minimum absolute atomic E-state index is 0.327. The van der Waals surface area contributed by atoms with Gasteiger partial charge in [-0.25, -0.2) is 9.78 Å². The van der Waals surface area contributed by atoms with Gasteiger partial charge >= 0.3 is 5.69 Å². The number of halogens is 2. The molecule has 0 aliphatic carbocycles. The third-order valence-corrected chi connectivity index (χ3v) is 5.13. The molecule has 29 heavy (non-hydrogen) atoms. The number of aromatic amines is 2. The Morgan fingerprint density at radius 2 is 1.86 bits per heavy atom. The van der Waals surface area contributed by atoms with Gasteiger partial charge in [-0.1, -0.05) is 0 Å². The summed E-state index contributed by atoms with van der Waals surface area (Å²) >= 11 is 6.85. The maximum atomic E-state index is 12.1. The van der Waals surface area contributed by atoms with Crippen LogP contribution in [0.2, 0.25) is 0 Å². The zero-order valence-corrected chi connectivity index (χ0v) is 17.8. The van der Waals surface area contributed by atoms with Crippen molar-refractivity contribution in [3.63, 3.8) is 0 Å². The highest BCUT2D eigenvalue weighted by molar-refractivity contribution is 9.11. The van der Waals surface area contributed by atoms with Crippen molar-refractivity contribution in [2.45, 2.75) is 6.92 Å². The Hall–Kier alpha value is -3.23. The Morgan fingerprint density at radius 1 is 1.14 bits per heavy atom. The molecule has 0 spiro atoms. The molecule has 4 rings (SSSR count).